The van der Waals surface area contributed by atoms with Crippen LogP contribution in [0.15, 0.2) is 18.2 Å². The maximum atomic E-state index is 9.44. The summed E-state index contributed by atoms with van der Waals surface area (Å²) < 4.78 is 11.4. The molecule has 0 saturated carbocycles. The van der Waals surface area contributed by atoms with Gasteiger partial charge in [0.25, 0.3) is 0 Å². The van der Waals surface area contributed by atoms with Gasteiger partial charge in [-0.15, -0.1) is 0 Å². The molecule has 19 heavy (non-hydrogen) atoms. The van der Waals surface area contributed by atoms with E-state index in [0.29, 0.717) is 0 Å². The summed E-state index contributed by atoms with van der Waals surface area (Å²) in [4.78, 5) is 0. The van der Waals surface area contributed by atoms with Crippen LogP contribution >= 0.6 is 11.8 Å². The fraction of sp³-hybridized carbons (Fsp3) is 0.600. The van der Waals surface area contributed by atoms with E-state index in [1.165, 1.54) is 5.75 Å². The van der Waals surface area contributed by atoms with E-state index in [9.17, 15) is 5.11 Å². The molecule has 1 fully saturated rings. The average molecular weight is 282 g/mol. The Morgan fingerprint density at radius 1 is 1.37 bits per heavy atom. The summed E-state index contributed by atoms with van der Waals surface area (Å²) in [5.74, 6) is 3.76. The highest BCUT2D eigenvalue weighted by atomic mass is 32.2. The molecule has 0 spiro atoms. The van der Waals surface area contributed by atoms with Crippen molar-refractivity contribution < 1.29 is 14.6 Å². The lowest BCUT2D eigenvalue weighted by Crippen LogP contribution is -2.22. The molecule has 0 bridgehead atoms. The Hall–Kier alpha value is -0.870. The van der Waals surface area contributed by atoms with Crippen molar-refractivity contribution in [2.75, 3.05) is 25.2 Å². The van der Waals surface area contributed by atoms with Crippen LogP contribution in [0.2, 0.25) is 0 Å². The molecule has 1 N–H and O–H groups in total. The van der Waals surface area contributed by atoms with Gasteiger partial charge in [-0.2, -0.15) is 11.8 Å². The quantitative estimate of drug-likeness (QED) is 0.901. The molecule has 1 aromatic rings. The minimum Gasteiger partial charge on any atom is -0.493 e. The van der Waals surface area contributed by atoms with Crippen LogP contribution in [0.3, 0.4) is 0 Å². The molecule has 0 amide bonds. The van der Waals surface area contributed by atoms with E-state index in [0.717, 1.165) is 29.2 Å². The zero-order valence-electron chi connectivity index (χ0n) is 11.8. The number of benzene rings is 1. The average Bonchev–Trinajstić information content (AvgIpc) is 2.92. The van der Waals surface area contributed by atoms with Crippen LogP contribution in [0.1, 0.15) is 25.8 Å². The molecule has 1 aliphatic heterocycles. The van der Waals surface area contributed by atoms with E-state index in [-0.39, 0.29) is 18.1 Å². The second-order valence-electron chi connectivity index (χ2n) is 5.51. The normalized spacial score (nSPS) is 19.5. The SMILES string of the molecule is COc1cc(C(C)(C)CO)ccc1OC1CCSC1. The van der Waals surface area contributed by atoms with Crippen molar-refractivity contribution in [1.82, 2.24) is 0 Å². The first-order valence-electron chi connectivity index (χ1n) is 6.60. The van der Waals surface area contributed by atoms with Crippen molar-refractivity contribution in [2.45, 2.75) is 31.8 Å². The molecule has 0 radical (unpaired) electrons. The first-order valence-corrected chi connectivity index (χ1v) is 7.76. The lowest BCUT2D eigenvalue weighted by Gasteiger charge is -2.24. The Morgan fingerprint density at radius 2 is 2.16 bits per heavy atom. The van der Waals surface area contributed by atoms with E-state index in [1.807, 2.05) is 43.8 Å². The molecule has 1 unspecified atom stereocenters. The summed E-state index contributed by atoms with van der Waals surface area (Å²) in [6.45, 7) is 4.13. The number of rotatable bonds is 5. The second-order valence-corrected chi connectivity index (χ2v) is 6.66. The van der Waals surface area contributed by atoms with Gasteiger partial charge in [0.05, 0.1) is 13.7 Å². The van der Waals surface area contributed by atoms with Gasteiger partial charge in [-0.3, -0.25) is 0 Å². The van der Waals surface area contributed by atoms with Crippen LogP contribution in [0.25, 0.3) is 0 Å². The van der Waals surface area contributed by atoms with Gasteiger partial charge in [-0.1, -0.05) is 19.9 Å². The summed E-state index contributed by atoms with van der Waals surface area (Å²) in [7, 11) is 1.65. The number of methoxy groups -OCH3 is 1. The van der Waals surface area contributed by atoms with Gasteiger partial charge in [0.2, 0.25) is 0 Å². The van der Waals surface area contributed by atoms with E-state index < -0.39 is 0 Å². The van der Waals surface area contributed by atoms with E-state index in [1.54, 1.807) is 7.11 Å². The molecule has 0 aliphatic carbocycles. The lowest BCUT2D eigenvalue weighted by molar-refractivity contribution is 0.212. The molecular weight excluding hydrogens is 260 g/mol. The summed E-state index contributed by atoms with van der Waals surface area (Å²) in [5, 5.41) is 9.44. The monoisotopic (exact) mass is 282 g/mol. The Labute approximate surface area is 119 Å². The van der Waals surface area contributed by atoms with Gasteiger partial charge in [-0.05, 0) is 29.9 Å². The van der Waals surface area contributed by atoms with Gasteiger partial charge < -0.3 is 14.6 Å². The van der Waals surface area contributed by atoms with Crippen LogP contribution in [-0.4, -0.2) is 36.4 Å². The molecular formula is C15H22O3S. The highest BCUT2D eigenvalue weighted by Crippen LogP contribution is 2.35. The van der Waals surface area contributed by atoms with Crippen LogP contribution in [0.4, 0.5) is 0 Å². The first kappa shape index (κ1) is 14.5. The van der Waals surface area contributed by atoms with Gasteiger partial charge in [0.15, 0.2) is 11.5 Å². The summed E-state index contributed by atoms with van der Waals surface area (Å²) in [6.07, 6.45) is 1.38. The molecule has 106 valence electrons. The van der Waals surface area contributed by atoms with Gasteiger partial charge in [0, 0.05) is 11.2 Å². The zero-order valence-corrected chi connectivity index (χ0v) is 12.6. The fourth-order valence-corrected chi connectivity index (χ4v) is 3.16. The van der Waals surface area contributed by atoms with E-state index in [4.69, 9.17) is 9.47 Å². The van der Waals surface area contributed by atoms with Crippen molar-refractivity contribution in [2.24, 2.45) is 0 Å². The molecule has 1 aromatic carbocycles. The van der Waals surface area contributed by atoms with Crippen molar-refractivity contribution in [3.05, 3.63) is 23.8 Å². The Balaban J connectivity index is 2.20. The Bertz CT molecular complexity index is 425. The van der Waals surface area contributed by atoms with Crippen molar-refractivity contribution >= 4 is 11.8 Å². The molecule has 1 atom stereocenters. The molecule has 3 nitrogen and oxygen atoms in total. The Morgan fingerprint density at radius 3 is 2.74 bits per heavy atom. The van der Waals surface area contributed by atoms with Crippen molar-refractivity contribution in [3.8, 4) is 11.5 Å². The van der Waals surface area contributed by atoms with E-state index >= 15 is 0 Å². The topological polar surface area (TPSA) is 38.7 Å². The smallest absolute Gasteiger partial charge is 0.161 e. The largest absolute Gasteiger partial charge is 0.493 e. The third-order valence-corrected chi connectivity index (χ3v) is 4.65. The number of aliphatic hydroxyl groups excluding tert-OH is 1. The molecule has 1 aliphatic rings. The summed E-state index contributed by atoms with van der Waals surface area (Å²) in [6, 6.07) is 5.93. The van der Waals surface area contributed by atoms with Crippen LogP contribution in [0.5, 0.6) is 11.5 Å². The standard InChI is InChI=1S/C15H22O3S/c1-15(2,10-16)11-4-5-13(14(8-11)17-3)18-12-6-7-19-9-12/h4-5,8,12,16H,6-7,9-10H2,1-3H3. The minimum atomic E-state index is -0.269. The first-order chi connectivity index (χ1) is 9.06. The van der Waals surface area contributed by atoms with Crippen molar-refractivity contribution in [1.29, 1.82) is 0 Å². The predicted molar refractivity (Wildman–Crippen MR) is 79.5 cm³/mol. The number of hydrogen-bond donors (Lipinski definition) is 1. The maximum absolute atomic E-state index is 9.44. The summed E-state index contributed by atoms with van der Waals surface area (Å²) >= 11 is 1.93. The molecule has 2 rings (SSSR count). The number of thioether (sulfide) groups is 1. The molecule has 1 heterocycles. The zero-order chi connectivity index (χ0) is 13.9. The Kier molecular flexibility index (Phi) is 4.63. The number of hydrogen-bond acceptors (Lipinski definition) is 4. The predicted octanol–water partition coefficient (Wildman–Crippen LogP) is 2.85. The lowest BCUT2D eigenvalue weighted by atomic mass is 9.85. The number of aliphatic hydroxyl groups is 1. The number of ether oxygens (including phenoxy) is 2. The fourth-order valence-electron chi connectivity index (χ4n) is 2.06. The maximum Gasteiger partial charge on any atom is 0.161 e. The van der Waals surface area contributed by atoms with Gasteiger partial charge in [0.1, 0.15) is 6.10 Å². The highest BCUT2D eigenvalue weighted by molar-refractivity contribution is 7.99. The van der Waals surface area contributed by atoms with Gasteiger partial charge >= 0.3 is 0 Å². The van der Waals surface area contributed by atoms with Crippen LogP contribution < -0.4 is 9.47 Å². The second kappa shape index (κ2) is 6.06. The molecule has 1 saturated heterocycles. The van der Waals surface area contributed by atoms with Crippen LogP contribution in [-0.2, 0) is 5.41 Å². The van der Waals surface area contributed by atoms with Crippen LogP contribution in [0, 0.1) is 0 Å². The third kappa shape index (κ3) is 3.37. The van der Waals surface area contributed by atoms with Crippen molar-refractivity contribution in [3.63, 3.8) is 0 Å². The molecule has 4 heteroatoms. The third-order valence-electron chi connectivity index (χ3n) is 3.52. The van der Waals surface area contributed by atoms with Gasteiger partial charge in [-0.25, -0.2) is 0 Å². The minimum absolute atomic E-state index is 0.107. The highest BCUT2D eigenvalue weighted by Gasteiger charge is 2.23. The summed E-state index contributed by atoms with van der Waals surface area (Å²) in [5.41, 5.74) is 0.787. The van der Waals surface area contributed by atoms with E-state index in [2.05, 4.69) is 0 Å². The molecule has 0 aromatic heterocycles.